The summed E-state index contributed by atoms with van der Waals surface area (Å²) in [6, 6.07) is -0.551. The van der Waals surface area contributed by atoms with Crippen LogP contribution in [0.25, 0.3) is 0 Å². The average molecular weight is 269 g/mol. The number of esters is 1. The summed E-state index contributed by atoms with van der Waals surface area (Å²) in [4.78, 5) is 25.4. The molecule has 0 bridgehead atoms. The highest BCUT2D eigenvalue weighted by atomic mass is 16.6. The first-order valence-corrected chi connectivity index (χ1v) is 6.51. The van der Waals surface area contributed by atoms with Crippen LogP contribution in [-0.4, -0.2) is 41.8 Å². The molecule has 0 radical (unpaired) electrons. The fourth-order valence-electron chi connectivity index (χ4n) is 2.03. The minimum Gasteiger partial charge on any atom is -0.460 e. The van der Waals surface area contributed by atoms with Crippen LogP contribution in [0, 0.1) is 5.92 Å². The van der Waals surface area contributed by atoms with Crippen LogP contribution < -0.4 is 0 Å². The van der Waals surface area contributed by atoms with Crippen LogP contribution in [0.2, 0.25) is 0 Å². The van der Waals surface area contributed by atoms with E-state index in [0.717, 1.165) is 0 Å². The quantitative estimate of drug-likeness (QED) is 0.583. The molecule has 5 heteroatoms. The summed E-state index contributed by atoms with van der Waals surface area (Å²) in [5, 5.41) is 0. The van der Waals surface area contributed by atoms with E-state index in [4.69, 9.17) is 9.47 Å². The highest BCUT2D eigenvalue weighted by Crippen LogP contribution is 2.25. The van der Waals surface area contributed by atoms with Gasteiger partial charge in [0.05, 0.1) is 0 Å². The van der Waals surface area contributed by atoms with Crippen LogP contribution in [0.1, 0.15) is 34.1 Å². The average Bonchev–Trinajstić information content (AvgIpc) is 2.66. The van der Waals surface area contributed by atoms with Crippen molar-refractivity contribution in [3.05, 3.63) is 12.7 Å². The largest absolute Gasteiger partial charge is 0.460 e. The van der Waals surface area contributed by atoms with Gasteiger partial charge in [-0.25, -0.2) is 9.59 Å². The molecule has 1 aliphatic heterocycles. The van der Waals surface area contributed by atoms with Gasteiger partial charge in [0.15, 0.2) is 0 Å². The predicted octanol–water partition coefficient (Wildman–Crippen LogP) is 2.36. The second-order valence-corrected chi connectivity index (χ2v) is 5.91. The first-order valence-electron chi connectivity index (χ1n) is 6.51. The molecule has 1 amide bonds. The summed E-state index contributed by atoms with van der Waals surface area (Å²) in [6.45, 7) is 11.6. The Kier molecular flexibility index (Phi) is 4.97. The Morgan fingerprint density at radius 1 is 1.42 bits per heavy atom. The third-order valence-corrected chi connectivity index (χ3v) is 2.75. The van der Waals surface area contributed by atoms with Gasteiger partial charge in [0, 0.05) is 6.54 Å². The molecule has 1 fully saturated rings. The Hall–Kier alpha value is -1.52. The Bertz CT molecular complexity index is 359. The number of nitrogens with zero attached hydrogens (tertiary/aromatic N) is 1. The van der Waals surface area contributed by atoms with Crippen molar-refractivity contribution in [3.63, 3.8) is 0 Å². The molecule has 19 heavy (non-hydrogen) atoms. The van der Waals surface area contributed by atoms with E-state index in [1.807, 2.05) is 6.92 Å². The van der Waals surface area contributed by atoms with Gasteiger partial charge in [-0.1, -0.05) is 19.6 Å². The third-order valence-electron chi connectivity index (χ3n) is 2.75. The lowest BCUT2D eigenvalue weighted by Gasteiger charge is -2.27. The van der Waals surface area contributed by atoms with Gasteiger partial charge in [-0.15, -0.1) is 0 Å². The van der Waals surface area contributed by atoms with Crippen molar-refractivity contribution in [2.45, 2.75) is 45.8 Å². The van der Waals surface area contributed by atoms with Crippen LogP contribution >= 0.6 is 0 Å². The van der Waals surface area contributed by atoms with Crippen molar-refractivity contribution in [1.29, 1.82) is 0 Å². The normalized spacial score (nSPS) is 23.1. The fourth-order valence-corrected chi connectivity index (χ4v) is 2.03. The SMILES string of the molecule is C=CCOC(=O)[C@@H]1C[C@@H](C)CN1C(=O)OC(C)(C)C. The number of hydrogen-bond acceptors (Lipinski definition) is 4. The van der Waals surface area contributed by atoms with E-state index in [1.165, 1.54) is 11.0 Å². The van der Waals surface area contributed by atoms with E-state index >= 15 is 0 Å². The van der Waals surface area contributed by atoms with E-state index < -0.39 is 23.7 Å². The zero-order valence-electron chi connectivity index (χ0n) is 12.1. The Labute approximate surface area is 114 Å². The first-order chi connectivity index (χ1) is 8.74. The fraction of sp³-hybridized carbons (Fsp3) is 0.714. The highest BCUT2D eigenvalue weighted by molar-refractivity contribution is 5.82. The summed E-state index contributed by atoms with van der Waals surface area (Å²) in [5.74, 6) is -0.135. The molecule has 0 N–H and O–H groups in total. The van der Waals surface area contributed by atoms with E-state index in [-0.39, 0.29) is 12.5 Å². The maximum Gasteiger partial charge on any atom is 0.411 e. The minimum absolute atomic E-state index is 0.159. The lowest BCUT2D eigenvalue weighted by Crippen LogP contribution is -2.44. The molecule has 1 heterocycles. The van der Waals surface area contributed by atoms with Crippen LogP contribution in [0.15, 0.2) is 12.7 Å². The van der Waals surface area contributed by atoms with Gasteiger partial charge < -0.3 is 9.47 Å². The second kappa shape index (κ2) is 6.08. The number of rotatable bonds is 3. The summed E-state index contributed by atoms with van der Waals surface area (Å²) in [6.07, 6.45) is 1.65. The van der Waals surface area contributed by atoms with Crippen LogP contribution in [-0.2, 0) is 14.3 Å². The molecule has 1 rings (SSSR count). The molecule has 108 valence electrons. The molecular weight excluding hydrogens is 246 g/mol. The van der Waals surface area contributed by atoms with Crippen molar-refractivity contribution in [2.75, 3.05) is 13.2 Å². The topological polar surface area (TPSA) is 55.8 Å². The Balaban J connectivity index is 2.71. The molecule has 0 aromatic carbocycles. The molecule has 1 aliphatic rings. The number of carbonyl (C=O) groups excluding carboxylic acids is 2. The molecule has 0 unspecified atom stereocenters. The summed E-state index contributed by atoms with van der Waals surface area (Å²) in [5.41, 5.74) is -0.571. The third kappa shape index (κ3) is 4.58. The zero-order chi connectivity index (χ0) is 14.6. The van der Waals surface area contributed by atoms with E-state index in [2.05, 4.69) is 6.58 Å². The molecule has 5 nitrogen and oxygen atoms in total. The van der Waals surface area contributed by atoms with Crippen molar-refractivity contribution in [2.24, 2.45) is 5.92 Å². The summed E-state index contributed by atoms with van der Waals surface area (Å²) in [7, 11) is 0. The molecule has 0 saturated carbocycles. The van der Waals surface area contributed by atoms with Crippen molar-refractivity contribution in [3.8, 4) is 0 Å². The van der Waals surface area contributed by atoms with Gasteiger partial charge >= 0.3 is 12.1 Å². The maximum absolute atomic E-state index is 12.1. The second-order valence-electron chi connectivity index (χ2n) is 5.91. The summed E-state index contributed by atoms with van der Waals surface area (Å²) >= 11 is 0. The predicted molar refractivity (Wildman–Crippen MR) is 71.7 cm³/mol. The van der Waals surface area contributed by atoms with E-state index in [0.29, 0.717) is 13.0 Å². The van der Waals surface area contributed by atoms with Gasteiger partial charge in [0.25, 0.3) is 0 Å². The monoisotopic (exact) mass is 269 g/mol. The number of hydrogen-bond donors (Lipinski definition) is 0. The van der Waals surface area contributed by atoms with Gasteiger partial charge in [0.1, 0.15) is 18.2 Å². The van der Waals surface area contributed by atoms with E-state index in [1.54, 1.807) is 20.8 Å². The minimum atomic E-state index is -0.571. The Morgan fingerprint density at radius 2 is 2.05 bits per heavy atom. The van der Waals surface area contributed by atoms with Crippen molar-refractivity contribution < 1.29 is 19.1 Å². The Morgan fingerprint density at radius 3 is 2.58 bits per heavy atom. The highest BCUT2D eigenvalue weighted by Gasteiger charge is 2.40. The number of ether oxygens (including phenoxy) is 2. The molecule has 1 saturated heterocycles. The van der Waals surface area contributed by atoms with Crippen molar-refractivity contribution in [1.82, 2.24) is 4.90 Å². The molecule has 0 aromatic heterocycles. The van der Waals surface area contributed by atoms with Crippen LogP contribution in [0.5, 0.6) is 0 Å². The van der Waals surface area contributed by atoms with Gasteiger partial charge in [-0.2, -0.15) is 0 Å². The zero-order valence-corrected chi connectivity index (χ0v) is 12.1. The maximum atomic E-state index is 12.1. The standard InChI is InChI=1S/C14H23NO4/c1-6-7-18-12(16)11-8-10(2)9-15(11)13(17)19-14(3,4)5/h6,10-11H,1,7-9H2,2-5H3/t10-,11+/m1/s1. The first kappa shape index (κ1) is 15.5. The molecule has 2 atom stereocenters. The number of amides is 1. The molecule has 0 aliphatic carbocycles. The molecular formula is C14H23NO4. The van der Waals surface area contributed by atoms with Crippen LogP contribution in [0.3, 0.4) is 0 Å². The molecule has 0 spiro atoms. The van der Waals surface area contributed by atoms with Gasteiger partial charge in [-0.05, 0) is 33.1 Å². The number of carbonyl (C=O) groups is 2. The lowest BCUT2D eigenvalue weighted by molar-refractivity contribution is -0.147. The van der Waals surface area contributed by atoms with Crippen LogP contribution in [0.4, 0.5) is 4.79 Å². The van der Waals surface area contributed by atoms with E-state index in [9.17, 15) is 9.59 Å². The number of likely N-dealkylation sites (tertiary alicyclic amines) is 1. The summed E-state index contributed by atoms with van der Waals surface area (Å²) < 4.78 is 10.3. The van der Waals surface area contributed by atoms with Gasteiger partial charge in [0.2, 0.25) is 0 Å². The smallest absolute Gasteiger partial charge is 0.411 e. The lowest BCUT2D eigenvalue weighted by atomic mass is 10.1. The van der Waals surface area contributed by atoms with Gasteiger partial charge in [-0.3, -0.25) is 4.90 Å². The van der Waals surface area contributed by atoms with Crippen molar-refractivity contribution >= 4 is 12.1 Å². The molecule has 0 aromatic rings.